The summed E-state index contributed by atoms with van der Waals surface area (Å²) < 4.78 is 27.0. The van der Waals surface area contributed by atoms with Crippen molar-refractivity contribution in [2.24, 2.45) is 0 Å². The molecule has 0 bridgehead atoms. The molecule has 6 nitrogen and oxygen atoms in total. The van der Waals surface area contributed by atoms with Crippen LogP contribution in [-0.4, -0.2) is 18.6 Å². The lowest BCUT2D eigenvalue weighted by molar-refractivity contribution is 0.600. The van der Waals surface area contributed by atoms with E-state index in [1.165, 1.54) is 23.5 Å². The summed E-state index contributed by atoms with van der Waals surface area (Å²) in [6, 6.07) is 8.34. The molecule has 3 aromatic rings. The molecule has 0 unspecified atom stereocenters. The molecule has 0 saturated heterocycles. The third-order valence-corrected chi connectivity index (χ3v) is 6.10. The maximum Gasteiger partial charge on any atom is 0.238 e. The van der Waals surface area contributed by atoms with E-state index < -0.39 is 10.0 Å². The smallest absolute Gasteiger partial charge is 0.238 e. The predicted molar refractivity (Wildman–Crippen MR) is 95.6 cm³/mol. The second-order valence-corrected chi connectivity index (χ2v) is 8.62. The Morgan fingerprint density at radius 1 is 1.29 bits per heavy atom. The summed E-state index contributed by atoms with van der Waals surface area (Å²) in [6.45, 7) is 0. The molecule has 0 aliphatic rings. The zero-order chi connectivity index (χ0) is 17.2. The Kier molecular flexibility index (Phi) is 4.82. The number of rotatable bonds is 5. The molecule has 0 radical (unpaired) electrons. The Morgan fingerprint density at radius 2 is 2.12 bits per heavy atom. The molecule has 0 fully saturated rings. The maximum absolute atomic E-state index is 12.3. The molecule has 0 aliphatic heterocycles. The minimum Gasteiger partial charge on any atom is -0.257 e. The summed E-state index contributed by atoms with van der Waals surface area (Å²) >= 11 is 8.49. The van der Waals surface area contributed by atoms with Gasteiger partial charge in [-0.05, 0) is 29.1 Å². The number of nitriles is 1. The van der Waals surface area contributed by atoms with Gasteiger partial charge in [0.1, 0.15) is 5.01 Å². The van der Waals surface area contributed by atoms with Crippen molar-refractivity contribution in [1.29, 1.82) is 5.26 Å². The van der Waals surface area contributed by atoms with Gasteiger partial charge in [-0.1, -0.05) is 29.0 Å². The van der Waals surface area contributed by atoms with Crippen molar-refractivity contribution in [1.82, 2.24) is 10.2 Å². The Morgan fingerprint density at radius 3 is 2.83 bits per heavy atom. The number of anilines is 1. The lowest BCUT2D eigenvalue weighted by atomic mass is 10.1. The molecule has 122 valence electrons. The molecule has 0 spiro atoms. The first kappa shape index (κ1) is 16.9. The van der Waals surface area contributed by atoms with E-state index in [1.54, 1.807) is 6.07 Å². The van der Waals surface area contributed by atoms with Crippen molar-refractivity contribution in [3.63, 3.8) is 0 Å². The number of halogens is 1. The Hall–Kier alpha value is -1.99. The fraction of sp³-hybridized carbons (Fsp3) is 0.0714. The molecule has 1 N–H and O–H groups in total. The minimum atomic E-state index is -3.72. The second-order valence-electron chi connectivity index (χ2n) is 4.70. The number of aromatic nitrogens is 2. The molecule has 24 heavy (non-hydrogen) atoms. The lowest BCUT2D eigenvalue weighted by Gasteiger charge is -2.06. The number of thiophene rings is 1. The Balaban J connectivity index is 1.79. The monoisotopic (exact) mass is 396 g/mol. The first-order valence-electron chi connectivity index (χ1n) is 6.52. The van der Waals surface area contributed by atoms with Gasteiger partial charge >= 0.3 is 0 Å². The van der Waals surface area contributed by atoms with Crippen LogP contribution in [0, 0.1) is 11.3 Å². The van der Waals surface area contributed by atoms with Crippen LogP contribution in [0.2, 0.25) is 5.02 Å². The molecule has 0 aliphatic carbocycles. The van der Waals surface area contributed by atoms with Crippen LogP contribution in [0.1, 0.15) is 11.1 Å². The zero-order valence-corrected chi connectivity index (χ0v) is 15.1. The second kappa shape index (κ2) is 6.86. The van der Waals surface area contributed by atoms with Crippen LogP contribution >= 0.6 is 34.3 Å². The van der Waals surface area contributed by atoms with E-state index in [0.29, 0.717) is 15.6 Å². The molecule has 0 amide bonds. The standard InChI is InChI=1S/C14H9ClN4O2S3/c15-12-2-1-10(11(5-12)6-16)8-24(20,21)19-14-18-17-13(23-14)9-3-4-22-7-9/h1-5,7H,8H2,(H,18,19). The van der Waals surface area contributed by atoms with Crippen molar-refractivity contribution >= 4 is 49.4 Å². The number of benzene rings is 1. The van der Waals surface area contributed by atoms with Crippen molar-refractivity contribution in [3.05, 3.63) is 51.2 Å². The van der Waals surface area contributed by atoms with Gasteiger partial charge < -0.3 is 0 Å². The topological polar surface area (TPSA) is 95.7 Å². The summed E-state index contributed by atoms with van der Waals surface area (Å²) in [5.41, 5.74) is 1.49. The number of hydrogen-bond acceptors (Lipinski definition) is 7. The van der Waals surface area contributed by atoms with Gasteiger partial charge in [-0.25, -0.2) is 8.42 Å². The van der Waals surface area contributed by atoms with Crippen LogP contribution in [0.15, 0.2) is 35.0 Å². The summed E-state index contributed by atoms with van der Waals surface area (Å²) in [4.78, 5) is 0. The molecule has 2 heterocycles. The van der Waals surface area contributed by atoms with Gasteiger partial charge in [0.05, 0.1) is 17.4 Å². The molecule has 10 heteroatoms. The van der Waals surface area contributed by atoms with Gasteiger partial charge in [-0.15, -0.1) is 10.2 Å². The van der Waals surface area contributed by atoms with Gasteiger partial charge in [-0.3, -0.25) is 4.72 Å². The van der Waals surface area contributed by atoms with E-state index in [9.17, 15) is 8.42 Å². The number of nitrogens with one attached hydrogen (secondary N) is 1. The third-order valence-electron chi connectivity index (χ3n) is 2.97. The van der Waals surface area contributed by atoms with Crippen LogP contribution in [0.3, 0.4) is 0 Å². The van der Waals surface area contributed by atoms with Crippen LogP contribution in [0.5, 0.6) is 0 Å². The Bertz CT molecular complexity index is 1010. The average molecular weight is 397 g/mol. The highest BCUT2D eigenvalue weighted by molar-refractivity contribution is 7.92. The number of sulfonamides is 1. The first-order chi connectivity index (χ1) is 11.5. The summed E-state index contributed by atoms with van der Waals surface area (Å²) in [6.07, 6.45) is 0. The molecule has 1 aromatic carbocycles. The highest BCUT2D eigenvalue weighted by Gasteiger charge is 2.17. The minimum absolute atomic E-state index is 0.184. The molecular weight excluding hydrogens is 388 g/mol. The van der Waals surface area contributed by atoms with E-state index in [2.05, 4.69) is 14.9 Å². The molecule has 2 aromatic heterocycles. The number of hydrogen-bond donors (Lipinski definition) is 1. The van der Waals surface area contributed by atoms with Crippen LogP contribution < -0.4 is 4.72 Å². The zero-order valence-electron chi connectivity index (χ0n) is 11.9. The molecule has 0 atom stereocenters. The van der Waals surface area contributed by atoms with E-state index in [0.717, 1.165) is 16.9 Å². The van der Waals surface area contributed by atoms with E-state index >= 15 is 0 Å². The molecule has 3 rings (SSSR count). The fourth-order valence-corrected chi connectivity index (χ4v) is 4.99. The first-order valence-corrected chi connectivity index (χ1v) is 10.3. The van der Waals surface area contributed by atoms with E-state index in [4.69, 9.17) is 16.9 Å². The van der Waals surface area contributed by atoms with Crippen molar-refractivity contribution in [3.8, 4) is 16.6 Å². The largest absolute Gasteiger partial charge is 0.257 e. The van der Waals surface area contributed by atoms with Gasteiger partial charge in [-0.2, -0.15) is 16.6 Å². The number of nitrogens with zero attached hydrogens (tertiary/aromatic N) is 3. The molecular formula is C14H9ClN4O2S3. The van der Waals surface area contributed by atoms with E-state index in [1.807, 2.05) is 22.9 Å². The van der Waals surface area contributed by atoms with Crippen molar-refractivity contribution in [2.75, 3.05) is 4.72 Å². The average Bonchev–Trinajstić information content (AvgIpc) is 3.19. The van der Waals surface area contributed by atoms with Crippen LogP contribution in [0.25, 0.3) is 10.6 Å². The highest BCUT2D eigenvalue weighted by atomic mass is 35.5. The Labute approximate surface area is 151 Å². The van der Waals surface area contributed by atoms with Gasteiger partial charge in [0, 0.05) is 16.0 Å². The maximum atomic E-state index is 12.3. The summed E-state index contributed by atoms with van der Waals surface area (Å²) in [5, 5.41) is 21.9. The normalized spacial score (nSPS) is 11.2. The van der Waals surface area contributed by atoms with Crippen molar-refractivity contribution in [2.45, 2.75) is 5.75 Å². The van der Waals surface area contributed by atoms with Gasteiger partial charge in [0.2, 0.25) is 15.2 Å². The quantitative estimate of drug-likeness (QED) is 0.708. The SMILES string of the molecule is N#Cc1cc(Cl)ccc1CS(=O)(=O)Nc1nnc(-c2ccsc2)s1. The fourth-order valence-electron chi connectivity index (χ4n) is 1.92. The van der Waals surface area contributed by atoms with E-state index in [-0.39, 0.29) is 16.4 Å². The predicted octanol–water partition coefficient (Wildman–Crippen LogP) is 3.73. The summed E-state index contributed by atoms with van der Waals surface area (Å²) in [7, 11) is -3.72. The summed E-state index contributed by atoms with van der Waals surface area (Å²) in [5.74, 6) is -0.347. The highest BCUT2D eigenvalue weighted by Crippen LogP contribution is 2.28. The van der Waals surface area contributed by atoms with Crippen molar-refractivity contribution < 1.29 is 8.42 Å². The molecule has 0 saturated carbocycles. The van der Waals surface area contributed by atoms with Gasteiger partial charge in [0.25, 0.3) is 0 Å². The van der Waals surface area contributed by atoms with Crippen LogP contribution in [-0.2, 0) is 15.8 Å². The van der Waals surface area contributed by atoms with Crippen LogP contribution in [0.4, 0.5) is 5.13 Å². The van der Waals surface area contributed by atoms with Gasteiger partial charge in [0.15, 0.2) is 0 Å². The lowest BCUT2D eigenvalue weighted by Crippen LogP contribution is -2.15. The third kappa shape index (κ3) is 3.91.